The van der Waals surface area contributed by atoms with Crippen LogP contribution in [0.25, 0.3) is 21.5 Å². The molecule has 0 aliphatic heterocycles. The number of fused-ring (bicyclic) bond motifs is 3. The molecule has 0 aliphatic carbocycles. The van der Waals surface area contributed by atoms with Gasteiger partial charge in [-0.15, -0.1) is 10.8 Å². The molecule has 0 fully saturated rings. The molecule has 0 radical (unpaired) electrons. The second-order valence-electron chi connectivity index (χ2n) is 3.43. The summed E-state index contributed by atoms with van der Waals surface area (Å²) in [4.78, 5) is 0. The second kappa shape index (κ2) is 5.66. The first-order valence-corrected chi connectivity index (χ1v) is 4.73. The van der Waals surface area contributed by atoms with Crippen molar-refractivity contribution in [2.75, 3.05) is 0 Å². The van der Waals surface area contributed by atoms with Crippen molar-refractivity contribution >= 4 is 44.6 Å². The quantitative estimate of drug-likeness (QED) is 0.318. The first-order valence-electron chi connectivity index (χ1n) is 4.73. The van der Waals surface area contributed by atoms with E-state index in [0.717, 1.165) is 0 Å². The molecule has 0 atom stereocenters. The minimum absolute atomic E-state index is 0. The first kappa shape index (κ1) is 13.5. The molecular formula is C14H9BrMg. The van der Waals surface area contributed by atoms with Crippen LogP contribution in [0.15, 0.2) is 54.6 Å². The third-order valence-corrected chi connectivity index (χ3v) is 2.59. The molecule has 3 rings (SSSR count). The standard InChI is InChI=1S/C14H9.BrH.Mg/c1-3-7-13-11(5-1)9-10-12-6-2-4-8-14(12)13;;/h1-3,5-10H;1H;/q-1;;+2/p-1. The van der Waals surface area contributed by atoms with Crippen molar-refractivity contribution in [2.24, 2.45) is 0 Å². The van der Waals surface area contributed by atoms with Crippen molar-refractivity contribution in [3.63, 3.8) is 0 Å². The van der Waals surface area contributed by atoms with E-state index in [1.165, 1.54) is 21.5 Å². The summed E-state index contributed by atoms with van der Waals surface area (Å²) in [5.74, 6) is 0. The van der Waals surface area contributed by atoms with Crippen LogP contribution in [0.5, 0.6) is 0 Å². The van der Waals surface area contributed by atoms with E-state index in [2.05, 4.69) is 54.6 Å². The van der Waals surface area contributed by atoms with Gasteiger partial charge in [0.1, 0.15) is 0 Å². The third-order valence-electron chi connectivity index (χ3n) is 2.59. The van der Waals surface area contributed by atoms with E-state index in [9.17, 15) is 0 Å². The molecule has 3 aromatic rings. The summed E-state index contributed by atoms with van der Waals surface area (Å²) >= 11 is 0. The van der Waals surface area contributed by atoms with E-state index in [1.807, 2.05) is 6.07 Å². The van der Waals surface area contributed by atoms with E-state index in [-0.39, 0.29) is 40.0 Å². The van der Waals surface area contributed by atoms with E-state index in [1.54, 1.807) is 0 Å². The zero-order valence-corrected chi connectivity index (χ0v) is 11.8. The van der Waals surface area contributed by atoms with Crippen molar-refractivity contribution in [3.8, 4) is 0 Å². The molecule has 0 amide bonds. The molecule has 74 valence electrons. The zero-order valence-electron chi connectivity index (χ0n) is 8.78. The van der Waals surface area contributed by atoms with Crippen molar-refractivity contribution in [1.82, 2.24) is 0 Å². The van der Waals surface area contributed by atoms with Gasteiger partial charge in [-0.2, -0.15) is 24.3 Å². The van der Waals surface area contributed by atoms with Crippen molar-refractivity contribution < 1.29 is 17.0 Å². The SMILES string of the molecule is [Br-].[Mg+2].[c-]1ccc2ccc3ccccc3c2c1. The minimum Gasteiger partial charge on any atom is -1.00 e. The number of halogens is 1. The Morgan fingerprint density at radius 3 is 2.25 bits per heavy atom. The summed E-state index contributed by atoms with van der Waals surface area (Å²) in [6, 6.07) is 22.0. The van der Waals surface area contributed by atoms with Gasteiger partial charge < -0.3 is 17.0 Å². The fraction of sp³-hybridized carbons (Fsp3) is 0. The maximum absolute atomic E-state index is 3.13. The Morgan fingerprint density at radius 2 is 1.44 bits per heavy atom. The molecule has 0 unspecified atom stereocenters. The molecule has 0 nitrogen and oxygen atoms in total. The van der Waals surface area contributed by atoms with Crippen molar-refractivity contribution in [1.29, 1.82) is 0 Å². The normalized spacial score (nSPS) is 9.50. The van der Waals surface area contributed by atoms with Gasteiger partial charge in [-0.3, -0.25) is 0 Å². The molecule has 16 heavy (non-hydrogen) atoms. The average Bonchev–Trinajstić information content (AvgIpc) is 2.29. The number of hydrogen-bond donors (Lipinski definition) is 0. The Kier molecular flexibility index (Phi) is 4.78. The zero-order chi connectivity index (χ0) is 9.38. The van der Waals surface area contributed by atoms with Gasteiger partial charge >= 0.3 is 23.1 Å². The van der Waals surface area contributed by atoms with Crippen molar-refractivity contribution in [3.05, 3.63) is 60.7 Å². The van der Waals surface area contributed by atoms with Crippen LogP contribution < -0.4 is 17.0 Å². The molecule has 0 N–H and O–H groups in total. The maximum atomic E-state index is 3.13. The number of rotatable bonds is 0. The van der Waals surface area contributed by atoms with E-state index in [0.29, 0.717) is 0 Å². The summed E-state index contributed by atoms with van der Waals surface area (Å²) < 4.78 is 0. The van der Waals surface area contributed by atoms with Crippen LogP contribution in [0, 0.1) is 6.07 Å². The fourth-order valence-corrected chi connectivity index (χ4v) is 1.89. The third kappa shape index (κ3) is 2.24. The Morgan fingerprint density at radius 1 is 0.750 bits per heavy atom. The van der Waals surface area contributed by atoms with Crippen LogP contribution in [-0.2, 0) is 0 Å². The topological polar surface area (TPSA) is 0 Å². The summed E-state index contributed by atoms with van der Waals surface area (Å²) in [6.07, 6.45) is 0. The molecule has 0 saturated carbocycles. The molecule has 2 heteroatoms. The summed E-state index contributed by atoms with van der Waals surface area (Å²) in [7, 11) is 0. The van der Waals surface area contributed by atoms with E-state index < -0.39 is 0 Å². The second-order valence-corrected chi connectivity index (χ2v) is 3.43. The Hall–Kier alpha value is -0.574. The first-order chi connectivity index (χ1) is 6.95. The average molecular weight is 281 g/mol. The Bertz CT molecular complexity index is 550. The largest absolute Gasteiger partial charge is 2.00 e. The van der Waals surface area contributed by atoms with Gasteiger partial charge in [0, 0.05) is 0 Å². The summed E-state index contributed by atoms with van der Waals surface area (Å²) in [5.41, 5.74) is 0. The molecule has 3 aromatic carbocycles. The maximum Gasteiger partial charge on any atom is 2.00 e. The predicted molar refractivity (Wildman–Crippen MR) is 66.0 cm³/mol. The molecule has 0 heterocycles. The molecular weight excluding hydrogens is 272 g/mol. The summed E-state index contributed by atoms with van der Waals surface area (Å²) in [6.45, 7) is 0. The van der Waals surface area contributed by atoms with Crippen LogP contribution >= 0.6 is 0 Å². The van der Waals surface area contributed by atoms with Crippen LogP contribution in [0.2, 0.25) is 0 Å². The van der Waals surface area contributed by atoms with Gasteiger partial charge in [0.2, 0.25) is 0 Å². The van der Waals surface area contributed by atoms with Crippen LogP contribution in [0.3, 0.4) is 0 Å². The molecule has 0 aliphatic rings. The predicted octanol–water partition coefficient (Wildman–Crippen LogP) is 0.416. The minimum atomic E-state index is 0. The number of benzene rings is 3. The smallest absolute Gasteiger partial charge is 1.00 e. The van der Waals surface area contributed by atoms with Gasteiger partial charge in [-0.1, -0.05) is 41.8 Å². The van der Waals surface area contributed by atoms with Crippen LogP contribution in [0.4, 0.5) is 0 Å². The molecule has 0 spiro atoms. The molecule has 0 saturated heterocycles. The molecule has 0 aromatic heterocycles. The number of hydrogen-bond acceptors (Lipinski definition) is 0. The molecule has 0 bridgehead atoms. The fourth-order valence-electron chi connectivity index (χ4n) is 1.89. The van der Waals surface area contributed by atoms with Crippen LogP contribution in [0.1, 0.15) is 0 Å². The van der Waals surface area contributed by atoms with E-state index >= 15 is 0 Å². The van der Waals surface area contributed by atoms with Gasteiger partial charge in [0.05, 0.1) is 0 Å². The Balaban J connectivity index is 0.000000640. The summed E-state index contributed by atoms with van der Waals surface area (Å²) in [5, 5.41) is 5.16. The van der Waals surface area contributed by atoms with Gasteiger partial charge in [-0.25, -0.2) is 0 Å². The van der Waals surface area contributed by atoms with Crippen molar-refractivity contribution in [2.45, 2.75) is 0 Å². The van der Waals surface area contributed by atoms with Crippen LogP contribution in [-0.4, -0.2) is 23.1 Å². The van der Waals surface area contributed by atoms with Gasteiger partial charge in [0.25, 0.3) is 0 Å². The Labute approximate surface area is 122 Å². The van der Waals surface area contributed by atoms with E-state index in [4.69, 9.17) is 0 Å². The monoisotopic (exact) mass is 280 g/mol. The van der Waals surface area contributed by atoms with Gasteiger partial charge in [0.15, 0.2) is 0 Å². The van der Waals surface area contributed by atoms with Gasteiger partial charge in [-0.05, 0) is 5.39 Å².